The van der Waals surface area contributed by atoms with Crippen LogP contribution in [0.4, 0.5) is 0 Å². The highest BCUT2D eigenvalue weighted by Gasteiger charge is 2.36. The van der Waals surface area contributed by atoms with E-state index in [1.54, 1.807) is 13.8 Å². The normalized spacial score (nSPS) is 16.0. The number of H-pyrrole nitrogens is 2. The molecule has 0 saturated carbocycles. The summed E-state index contributed by atoms with van der Waals surface area (Å²) < 4.78 is 0. The zero-order valence-corrected chi connectivity index (χ0v) is 32.9. The van der Waals surface area contributed by atoms with Gasteiger partial charge in [-0.3, -0.25) is 28.8 Å². The van der Waals surface area contributed by atoms with Crippen molar-refractivity contribution in [1.82, 2.24) is 51.8 Å². The van der Waals surface area contributed by atoms with Crippen LogP contribution in [0.15, 0.2) is 25.0 Å². The van der Waals surface area contributed by atoms with E-state index >= 15 is 0 Å². The van der Waals surface area contributed by atoms with Gasteiger partial charge in [0, 0.05) is 36.6 Å². The van der Waals surface area contributed by atoms with E-state index in [-0.39, 0.29) is 31.6 Å². The zero-order valence-electron chi connectivity index (χ0n) is 32.9. The Hall–Kier alpha value is -5.49. The van der Waals surface area contributed by atoms with E-state index in [2.05, 4.69) is 51.8 Å². The van der Waals surface area contributed by atoms with Crippen molar-refractivity contribution in [3.8, 4) is 0 Å². The van der Waals surface area contributed by atoms with Crippen molar-refractivity contribution in [3.63, 3.8) is 0 Å². The largest absolute Gasteiger partial charge is 0.480 e. The molecular weight excluding hydrogens is 764 g/mol. The molecule has 2 heterocycles. The van der Waals surface area contributed by atoms with E-state index in [1.807, 2.05) is 0 Å². The number of nitrogens with one attached hydrogen (secondary N) is 8. The highest BCUT2D eigenvalue weighted by atomic mass is 16.4. The first kappa shape index (κ1) is 48.7. The molecule has 2 aromatic rings. The van der Waals surface area contributed by atoms with Crippen molar-refractivity contribution in [2.45, 2.75) is 121 Å². The van der Waals surface area contributed by atoms with E-state index in [0.29, 0.717) is 30.8 Å². The number of carbonyl (C=O) groups excluding carboxylic acids is 6. The average Bonchev–Trinajstić information content (AvgIpc) is 3.88. The summed E-state index contributed by atoms with van der Waals surface area (Å²) in [5.41, 5.74) is 12.7. The second-order valence-electron chi connectivity index (χ2n) is 14.3. The molecule has 324 valence electrons. The number of unbranched alkanes of at least 4 members (excludes halogenated alkanes) is 1. The van der Waals surface area contributed by atoms with Crippen LogP contribution in [-0.2, 0) is 46.4 Å². The molecule has 0 spiro atoms. The molecule has 0 fully saturated rings. The number of aliphatic hydroxyl groups is 3. The monoisotopic (exact) mass is 822 g/mol. The molecule has 0 aliphatic rings. The third-order valence-corrected chi connectivity index (χ3v) is 8.79. The Morgan fingerprint density at radius 2 is 1.12 bits per heavy atom. The standard InChI is InChI=1S/C35H58N12O11/c1-17(2)9-25(35(57)58)44-33(55)27(18(3)49)47-32(54)26(14-48)45-34(56)28(19(4)50)46-31(53)24(11-21-13-39-16-41-21)43-30(52)23(7-5-6-8-36)42-29(51)22(37)10-20-12-38-15-40-20/h12-13,15-19,22-28,48-50H,5-11,14,36-37H2,1-4H3,(H,38,40)(H,39,41)(H,42,51)(H,43,52)(H,44,55)(H,45,56)(H,46,53)(H,47,54)(H,57,58)/t18-,19-,22+,23+,24+,25+,26+,27+,28+/m1/s1. The number of carboxylic acids is 1. The topological polar surface area (TPSA) is 382 Å². The molecular formula is C35H58N12O11. The number of aliphatic hydroxyl groups excluding tert-OH is 3. The smallest absolute Gasteiger partial charge is 0.326 e. The number of rotatable bonds is 26. The summed E-state index contributed by atoms with van der Waals surface area (Å²) in [4.78, 5) is 105. The van der Waals surface area contributed by atoms with E-state index in [1.165, 1.54) is 25.0 Å². The number of aromatic amines is 2. The minimum absolute atomic E-state index is 0.0453. The van der Waals surface area contributed by atoms with Gasteiger partial charge < -0.3 is 73.8 Å². The fourth-order valence-electron chi connectivity index (χ4n) is 5.59. The lowest BCUT2D eigenvalue weighted by Crippen LogP contribution is -2.63. The number of imidazole rings is 2. The van der Waals surface area contributed by atoms with Gasteiger partial charge in [0.2, 0.25) is 35.4 Å². The predicted octanol–water partition coefficient (Wildman–Crippen LogP) is -4.83. The molecule has 0 radical (unpaired) electrons. The summed E-state index contributed by atoms with van der Waals surface area (Å²) in [6, 6.07) is -10.3. The number of nitrogens with two attached hydrogens (primary N) is 2. The van der Waals surface area contributed by atoms with Gasteiger partial charge in [0.15, 0.2) is 0 Å². The molecule has 0 aromatic carbocycles. The fraction of sp³-hybridized carbons (Fsp3) is 0.629. The zero-order chi connectivity index (χ0) is 43.5. The van der Waals surface area contributed by atoms with Gasteiger partial charge in [0.1, 0.15) is 36.3 Å². The van der Waals surface area contributed by atoms with Gasteiger partial charge >= 0.3 is 5.97 Å². The number of carbonyl (C=O) groups is 7. The van der Waals surface area contributed by atoms with Crippen LogP contribution in [0.25, 0.3) is 0 Å². The Kier molecular flexibility index (Phi) is 20.4. The Morgan fingerprint density at radius 1 is 0.655 bits per heavy atom. The van der Waals surface area contributed by atoms with Crippen LogP contribution in [0.5, 0.6) is 0 Å². The molecule has 16 N–H and O–H groups in total. The average molecular weight is 823 g/mol. The van der Waals surface area contributed by atoms with Crippen molar-refractivity contribution >= 4 is 41.4 Å². The highest BCUT2D eigenvalue weighted by Crippen LogP contribution is 2.09. The molecule has 0 aliphatic heterocycles. The quantitative estimate of drug-likeness (QED) is 0.0396. The van der Waals surface area contributed by atoms with Crippen LogP contribution in [0.3, 0.4) is 0 Å². The van der Waals surface area contributed by atoms with Crippen molar-refractivity contribution < 1.29 is 54.0 Å². The number of aromatic nitrogens is 4. The molecule has 0 unspecified atom stereocenters. The van der Waals surface area contributed by atoms with Crippen LogP contribution in [-0.4, -0.2) is 149 Å². The molecule has 6 amide bonds. The van der Waals surface area contributed by atoms with Gasteiger partial charge in [-0.25, -0.2) is 14.8 Å². The summed E-state index contributed by atoms with van der Waals surface area (Å²) in [5.74, 6) is -7.25. The number of hydrogen-bond donors (Lipinski definition) is 14. The molecule has 2 aromatic heterocycles. The maximum atomic E-state index is 13.8. The maximum Gasteiger partial charge on any atom is 0.326 e. The Balaban J connectivity index is 2.24. The first-order chi connectivity index (χ1) is 27.4. The van der Waals surface area contributed by atoms with Crippen LogP contribution in [0, 0.1) is 5.92 Å². The molecule has 0 bridgehead atoms. The Bertz CT molecular complexity index is 1620. The van der Waals surface area contributed by atoms with Gasteiger partial charge in [-0.15, -0.1) is 0 Å². The molecule has 58 heavy (non-hydrogen) atoms. The SMILES string of the molecule is CC(C)C[C@H](NC(=O)[C@@H](NC(=O)[C@H](CO)NC(=O)[C@@H](NC(=O)[C@H](Cc1cnc[nH]1)NC(=O)[C@H](CCCCN)NC(=O)[C@@H](N)Cc1cnc[nH]1)[C@@H](C)O)[C@@H](C)O)C(=O)O. The number of aliphatic carboxylic acids is 1. The number of hydrogen-bond acceptors (Lipinski definition) is 14. The van der Waals surface area contributed by atoms with Crippen molar-refractivity contribution in [1.29, 1.82) is 0 Å². The second-order valence-corrected chi connectivity index (χ2v) is 14.3. The lowest BCUT2D eigenvalue weighted by atomic mass is 10.0. The maximum absolute atomic E-state index is 13.8. The highest BCUT2D eigenvalue weighted by molar-refractivity contribution is 5.97. The number of carboxylic acid groups (broad SMARTS) is 1. The summed E-state index contributed by atoms with van der Waals surface area (Å²) in [6.45, 7) is 5.04. The van der Waals surface area contributed by atoms with Crippen molar-refractivity contribution in [3.05, 3.63) is 36.4 Å². The van der Waals surface area contributed by atoms with Crippen LogP contribution in [0.1, 0.15) is 64.8 Å². The van der Waals surface area contributed by atoms with Gasteiger partial charge in [-0.1, -0.05) is 13.8 Å². The fourth-order valence-corrected chi connectivity index (χ4v) is 5.59. The molecule has 23 nitrogen and oxygen atoms in total. The van der Waals surface area contributed by atoms with E-state index < -0.39 is 103 Å². The second kappa shape index (κ2) is 24.3. The Morgan fingerprint density at radius 3 is 1.57 bits per heavy atom. The van der Waals surface area contributed by atoms with Crippen LogP contribution in [0.2, 0.25) is 0 Å². The third-order valence-electron chi connectivity index (χ3n) is 8.79. The lowest BCUT2D eigenvalue weighted by molar-refractivity contribution is -0.143. The summed E-state index contributed by atoms with van der Waals surface area (Å²) >= 11 is 0. The molecule has 23 heteroatoms. The summed E-state index contributed by atoms with van der Waals surface area (Å²) in [5, 5.41) is 54.5. The van der Waals surface area contributed by atoms with Crippen LogP contribution < -0.4 is 43.4 Å². The molecule has 0 saturated heterocycles. The molecule has 9 atom stereocenters. The summed E-state index contributed by atoms with van der Waals surface area (Å²) in [6.07, 6.45) is 3.50. The predicted molar refractivity (Wildman–Crippen MR) is 205 cm³/mol. The summed E-state index contributed by atoms with van der Waals surface area (Å²) in [7, 11) is 0. The lowest BCUT2D eigenvalue weighted by Gasteiger charge is -2.28. The Labute approximate surface area is 334 Å². The first-order valence-electron chi connectivity index (χ1n) is 18.8. The minimum Gasteiger partial charge on any atom is -0.480 e. The van der Waals surface area contributed by atoms with Gasteiger partial charge in [-0.05, 0) is 52.0 Å². The van der Waals surface area contributed by atoms with Gasteiger partial charge in [0.05, 0.1) is 37.5 Å². The van der Waals surface area contributed by atoms with Crippen LogP contribution >= 0.6 is 0 Å². The number of nitrogens with zero attached hydrogens (tertiary/aromatic N) is 2. The van der Waals surface area contributed by atoms with E-state index in [0.717, 1.165) is 13.8 Å². The third kappa shape index (κ3) is 16.2. The molecule has 2 rings (SSSR count). The molecule has 0 aliphatic carbocycles. The van der Waals surface area contributed by atoms with E-state index in [9.17, 15) is 54.0 Å². The minimum atomic E-state index is -1.79. The van der Waals surface area contributed by atoms with Gasteiger partial charge in [0.25, 0.3) is 0 Å². The number of amides is 6. The van der Waals surface area contributed by atoms with Crippen molar-refractivity contribution in [2.75, 3.05) is 13.2 Å². The van der Waals surface area contributed by atoms with E-state index in [4.69, 9.17) is 11.5 Å². The first-order valence-corrected chi connectivity index (χ1v) is 18.8. The van der Waals surface area contributed by atoms with Gasteiger partial charge in [-0.2, -0.15) is 0 Å². The van der Waals surface area contributed by atoms with Crippen molar-refractivity contribution in [2.24, 2.45) is 17.4 Å².